The normalized spacial score (nSPS) is 15.5. The lowest BCUT2D eigenvalue weighted by Gasteiger charge is -2.32. The molecule has 23 heavy (non-hydrogen) atoms. The third-order valence-electron chi connectivity index (χ3n) is 2.37. The zero-order valence-corrected chi connectivity index (χ0v) is 15.7. The highest BCUT2D eigenvalue weighted by molar-refractivity contribution is 7.91. The molecule has 0 rings (SSSR count). The van der Waals surface area contributed by atoms with Gasteiger partial charge in [0.15, 0.2) is 9.84 Å². The average molecular weight is 352 g/mol. The first-order chi connectivity index (χ1) is 10.00. The fourth-order valence-corrected chi connectivity index (χ4v) is 2.54. The molecule has 0 saturated heterocycles. The van der Waals surface area contributed by atoms with E-state index in [1.807, 2.05) is 0 Å². The number of esters is 1. The van der Waals surface area contributed by atoms with Gasteiger partial charge in [0, 0.05) is 5.75 Å². The van der Waals surface area contributed by atoms with E-state index in [9.17, 15) is 18.0 Å². The Bertz CT molecular complexity index is 545. The van der Waals surface area contributed by atoms with Gasteiger partial charge in [-0.3, -0.25) is 11.1 Å². The van der Waals surface area contributed by atoms with Crippen molar-refractivity contribution in [2.75, 3.05) is 11.5 Å². The summed E-state index contributed by atoms with van der Waals surface area (Å²) in [6, 6.07) is 0. The van der Waals surface area contributed by atoms with Gasteiger partial charge in [0.2, 0.25) is 5.66 Å². The van der Waals surface area contributed by atoms with E-state index >= 15 is 0 Å². The van der Waals surface area contributed by atoms with Crippen molar-refractivity contribution in [3.05, 3.63) is 0 Å². The second kappa shape index (κ2) is 7.04. The molecule has 9 heteroatoms. The van der Waals surface area contributed by atoms with Gasteiger partial charge in [-0.05, 0) is 41.5 Å². The molecule has 8 nitrogen and oxygen atoms in total. The Kier molecular flexibility index (Phi) is 6.63. The summed E-state index contributed by atoms with van der Waals surface area (Å²) in [7, 11) is -3.66. The zero-order chi connectivity index (χ0) is 18.7. The van der Waals surface area contributed by atoms with Gasteiger partial charge in [-0.2, -0.15) is 0 Å². The number of hydrogen-bond donors (Lipinski definition) is 2. The van der Waals surface area contributed by atoms with Crippen LogP contribution in [0.25, 0.3) is 0 Å². The molecule has 0 radical (unpaired) electrons. The van der Waals surface area contributed by atoms with Gasteiger partial charge < -0.3 is 9.47 Å². The Morgan fingerprint density at radius 2 is 1.43 bits per heavy atom. The Labute approximate surface area is 138 Å². The molecule has 0 aliphatic rings. The van der Waals surface area contributed by atoms with Crippen molar-refractivity contribution in [1.29, 1.82) is 0 Å². The molecular formula is C14H28N2O6S. The first kappa shape index (κ1) is 21.6. The second-order valence-corrected chi connectivity index (χ2v) is 9.63. The number of alkyl carbamates (subject to hydrolysis) is 1. The molecule has 0 bridgehead atoms. The van der Waals surface area contributed by atoms with Gasteiger partial charge in [-0.25, -0.2) is 18.0 Å². The number of rotatable bonds is 5. The van der Waals surface area contributed by atoms with Gasteiger partial charge in [0.05, 0.1) is 5.75 Å². The third-order valence-corrected chi connectivity index (χ3v) is 4.15. The Morgan fingerprint density at radius 3 is 1.78 bits per heavy atom. The van der Waals surface area contributed by atoms with E-state index in [0.717, 1.165) is 0 Å². The van der Waals surface area contributed by atoms with Crippen LogP contribution in [0.2, 0.25) is 0 Å². The minimum Gasteiger partial charge on any atom is -0.457 e. The second-order valence-electron chi connectivity index (χ2n) is 7.28. The predicted octanol–water partition coefficient (Wildman–Crippen LogP) is 0.943. The molecule has 136 valence electrons. The van der Waals surface area contributed by atoms with Gasteiger partial charge in [-0.1, -0.05) is 6.92 Å². The smallest absolute Gasteiger partial charge is 0.409 e. The van der Waals surface area contributed by atoms with Crippen molar-refractivity contribution >= 4 is 21.9 Å². The molecule has 0 aromatic carbocycles. The number of amides is 1. The van der Waals surface area contributed by atoms with Crippen LogP contribution in [0, 0.1) is 0 Å². The quantitative estimate of drug-likeness (QED) is 0.557. The minimum absolute atomic E-state index is 0.231. The lowest BCUT2D eigenvalue weighted by molar-refractivity contribution is -0.162. The maximum atomic E-state index is 12.3. The van der Waals surface area contributed by atoms with Crippen LogP contribution < -0.4 is 11.1 Å². The Balaban J connectivity index is 5.46. The van der Waals surface area contributed by atoms with Crippen molar-refractivity contribution < 1.29 is 27.5 Å². The van der Waals surface area contributed by atoms with E-state index in [-0.39, 0.29) is 5.75 Å². The molecule has 0 heterocycles. The van der Waals surface area contributed by atoms with E-state index in [0.29, 0.717) is 0 Å². The molecule has 1 atom stereocenters. The molecule has 1 amide bonds. The number of carbonyl (C=O) groups excluding carboxylic acids is 2. The highest BCUT2D eigenvalue weighted by Crippen LogP contribution is 2.15. The standard InChI is InChI=1S/C14H28N2O6S/c1-8-23(19,20)9-14(15,10(17)21-12(2,3)4)16-11(18)22-13(5,6)7/h8-9,15H2,1-7H3,(H,16,18). The fourth-order valence-electron chi connectivity index (χ4n) is 1.45. The average Bonchev–Trinajstić information content (AvgIpc) is 2.22. The topological polar surface area (TPSA) is 125 Å². The molecular weight excluding hydrogens is 324 g/mol. The highest BCUT2D eigenvalue weighted by Gasteiger charge is 2.44. The fraction of sp³-hybridized carbons (Fsp3) is 0.857. The molecule has 3 N–H and O–H groups in total. The van der Waals surface area contributed by atoms with Gasteiger partial charge in [0.1, 0.15) is 11.2 Å². The molecule has 0 spiro atoms. The minimum atomic E-state index is -3.66. The Morgan fingerprint density at radius 1 is 1.00 bits per heavy atom. The van der Waals surface area contributed by atoms with Crippen LogP contribution in [-0.4, -0.2) is 48.9 Å². The van der Waals surface area contributed by atoms with Crippen LogP contribution in [0.3, 0.4) is 0 Å². The monoisotopic (exact) mass is 352 g/mol. The molecule has 0 aliphatic heterocycles. The number of sulfone groups is 1. The highest BCUT2D eigenvalue weighted by atomic mass is 32.2. The lowest BCUT2D eigenvalue weighted by Crippen LogP contribution is -2.67. The van der Waals surface area contributed by atoms with Crippen LogP contribution in [0.4, 0.5) is 4.79 Å². The molecule has 1 unspecified atom stereocenters. The van der Waals surface area contributed by atoms with Gasteiger partial charge in [0.25, 0.3) is 0 Å². The summed E-state index contributed by atoms with van der Waals surface area (Å²) in [4.78, 5) is 24.2. The molecule has 0 aromatic heterocycles. The van der Waals surface area contributed by atoms with Crippen molar-refractivity contribution in [1.82, 2.24) is 5.32 Å². The molecule has 0 saturated carbocycles. The van der Waals surface area contributed by atoms with E-state index in [2.05, 4.69) is 5.32 Å². The number of carbonyl (C=O) groups is 2. The first-order valence-corrected chi connectivity index (χ1v) is 9.06. The predicted molar refractivity (Wildman–Crippen MR) is 86.5 cm³/mol. The molecule has 0 aromatic rings. The zero-order valence-electron chi connectivity index (χ0n) is 14.8. The van der Waals surface area contributed by atoms with E-state index in [1.165, 1.54) is 6.92 Å². The number of nitrogens with two attached hydrogens (primary N) is 1. The van der Waals surface area contributed by atoms with Gasteiger partial charge in [-0.15, -0.1) is 0 Å². The summed E-state index contributed by atoms with van der Waals surface area (Å²) in [5.41, 5.74) is 1.91. The van der Waals surface area contributed by atoms with E-state index < -0.39 is 44.5 Å². The SMILES string of the molecule is CCS(=O)(=O)CC(N)(NC(=O)OC(C)(C)C)C(=O)OC(C)(C)C. The summed E-state index contributed by atoms with van der Waals surface area (Å²) >= 11 is 0. The van der Waals surface area contributed by atoms with Crippen LogP contribution >= 0.6 is 0 Å². The summed E-state index contributed by atoms with van der Waals surface area (Å²) < 4.78 is 33.9. The van der Waals surface area contributed by atoms with Crippen molar-refractivity contribution in [3.8, 4) is 0 Å². The van der Waals surface area contributed by atoms with E-state index in [1.54, 1.807) is 41.5 Å². The van der Waals surface area contributed by atoms with E-state index in [4.69, 9.17) is 15.2 Å². The summed E-state index contributed by atoms with van der Waals surface area (Å²) in [5, 5.41) is 2.13. The maximum absolute atomic E-state index is 12.3. The summed E-state index contributed by atoms with van der Waals surface area (Å²) in [5.74, 6) is -2.07. The summed E-state index contributed by atoms with van der Waals surface area (Å²) in [6.45, 7) is 11.1. The molecule has 0 aliphatic carbocycles. The number of hydrogen-bond acceptors (Lipinski definition) is 7. The van der Waals surface area contributed by atoms with Crippen molar-refractivity contribution in [3.63, 3.8) is 0 Å². The van der Waals surface area contributed by atoms with Crippen molar-refractivity contribution in [2.45, 2.75) is 65.3 Å². The number of nitrogens with one attached hydrogen (secondary N) is 1. The largest absolute Gasteiger partial charge is 0.457 e. The third kappa shape index (κ3) is 8.75. The van der Waals surface area contributed by atoms with Crippen LogP contribution in [0.5, 0.6) is 0 Å². The first-order valence-electron chi connectivity index (χ1n) is 7.23. The van der Waals surface area contributed by atoms with Crippen LogP contribution in [0.1, 0.15) is 48.5 Å². The van der Waals surface area contributed by atoms with Gasteiger partial charge >= 0.3 is 12.1 Å². The van der Waals surface area contributed by atoms with Crippen molar-refractivity contribution in [2.24, 2.45) is 5.73 Å². The maximum Gasteiger partial charge on any atom is 0.409 e. The lowest BCUT2D eigenvalue weighted by atomic mass is 10.1. The Hall–Kier alpha value is -1.35. The number of ether oxygens (including phenoxy) is 2. The van der Waals surface area contributed by atoms with Crippen LogP contribution in [-0.2, 0) is 24.1 Å². The molecule has 0 fully saturated rings. The summed E-state index contributed by atoms with van der Waals surface area (Å²) in [6.07, 6.45) is -1.00. The van der Waals surface area contributed by atoms with Crippen LogP contribution in [0.15, 0.2) is 0 Å².